The van der Waals surface area contributed by atoms with Crippen LogP contribution in [0, 0.1) is 44.4 Å². The average molecular weight is 2170 g/mol. The molecule has 0 saturated heterocycles. The number of benzene rings is 4. The van der Waals surface area contributed by atoms with E-state index < -0.39 is 116 Å². The summed E-state index contributed by atoms with van der Waals surface area (Å²) in [5.74, 6) is 0.882. The van der Waals surface area contributed by atoms with Gasteiger partial charge in [0.2, 0.25) is 23.1 Å². The SMILES string of the molecule is C.CO.COC(=O)c1cc2nc3n(c2cc1S(C)(=O)=O)CCN(c1ncc(C(F)(F)F)c(C)n1)[C@@H]3C(C)C.COC(=O)c1cc2nc3n(c2cc1S(C)(=O)=O)CCN(c1ncc(C(F)(F)F)c(Cl)n1)[C@@H]3C(C)C.COC(=O)c1cc2nc3n(c2cc1S(C)(=O)=O)CCN[C@@H]3C(C)C.Cc1cnc(Cl)nc1Cl.Cc1nc(N2CCn3c(nc4cc(CO)c(S(C)(=O)=O)cc43)[C@H]2C(C)C)ncc1C(F)(F)F.O=CO[O-].[Na+]. The Morgan fingerprint density at radius 1 is 0.451 bits per heavy atom. The number of imidazole rings is 4. The minimum atomic E-state index is -4.68. The van der Waals surface area contributed by atoms with Crippen molar-refractivity contribution >= 4 is 161 Å². The second-order valence-corrected chi connectivity index (χ2v) is 43.0. The van der Waals surface area contributed by atoms with Gasteiger partial charge in [-0.3, -0.25) is 4.79 Å². The van der Waals surface area contributed by atoms with Gasteiger partial charge in [0, 0.05) is 115 Å². The molecule has 0 amide bonds. The minimum Gasteiger partial charge on any atom is -0.662 e. The summed E-state index contributed by atoms with van der Waals surface area (Å²) in [4.78, 5) is 103. The number of rotatable bonds is 16. The quantitative estimate of drug-likeness (QED) is 0.00931. The molecule has 0 spiro atoms. The van der Waals surface area contributed by atoms with Crippen LogP contribution in [0.1, 0.15) is 181 Å². The number of nitrogens with one attached hydrogen (secondary N) is 1. The van der Waals surface area contributed by atoms with E-state index in [4.69, 9.17) is 74.1 Å². The molecule has 0 radical (unpaired) electrons. The summed E-state index contributed by atoms with van der Waals surface area (Å²) in [6.07, 6.45) is -5.75. The van der Waals surface area contributed by atoms with E-state index >= 15 is 0 Å². The molecule has 0 fully saturated rings. The largest absolute Gasteiger partial charge is 1.00 e. The van der Waals surface area contributed by atoms with E-state index in [1.54, 1.807) is 22.1 Å². The van der Waals surface area contributed by atoms with Gasteiger partial charge in [-0.25, -0.2) is 108 Å². The second kappa shape index (κ2) is 47.0. The van der Waals surface area contributed by atoms with Crippen LogP contribution in [0.5, 0.6) is 0 Å². The summed E-state index contributed by atoms with van der Waals surface area (Å²) in [5.41, 5.74) is 1.97. The second-order valence-electron chi connectivity index (χ2n) is 34.0. The fraction of sp³-hybridized carbons (Fsp3) is 0.455. The van der Waals surface area contributed by atoms with Gasteiger partial charge >= 0.3 is 66.0 Å². The Bertz CT molecular complexity index is 7090. The van der Waals surface area contributed by atoms with Crippen molar-refractivity contribution in [2.45, 2.75) is 179 Å². The number of aryl methyl sites for hydroxylation is 3. The Morgan fingerprint density at radius 2 is 0.757 bits per heavy atom. The normalized spacial score (nSPS) is 15.8. The zero-order chi connectivity index (χ0) is 106. The Kier molecular flexibility index (Phi) is 38.6. The van der Waals surface area contributed by atoms with Crippen molar-refractivity contribution in [3.8, 4) is 0 Å². The smallest absolute Gasteiger partial charge is 0.662 e. The summed E-state index contributed by atoms with van der Waals surface area (Å²) >= 11 is 16.8. The molecular formula is C88H103Cl3F9N20NaO19S4. The molecule has 4 atom stereocenters. The number of carbonyl (C=O) groups is 4. The van der Waals surface area contributed by atoms with Gasteiger partial charge in [0.05, 0.1) is 155 Å². The molecule has 144 heavy (non-hydrogen) atoms. The maximum atomic E-state index is 13.2. The van der Waals surface area contributed by atoms with Gasteiger partial charge in [-0.05, 0) is 110 Å². The third-order valence-corrected chi connectivity index (χ3v) is 28.3. The van der Waals surface area contributed by atoms with E-state index in [-0.39, 0.29) is 150 Å². The van der Waals surface area contributed by atoms with E-state index in [1.165, 1.54) is 63.4 Å². The predicted octanol–water partition coefficient (Wildman–Crippen LogP) is 10.0. The molecule has 4 aliphatic heterocycles. The van der Waals surface area contributed by atoms with E-state index in [9.17, 15) is 92.7 Å². The molecular weight excluding hydrogens is 2070 g/mol. The fourth-order valence-corrected chi connectivity index (χ4v) is 20.7. The van der Waals surface area contributed by atoms with Crippen LogP contribution < -0.4 is 54.8 Å². The number of ether oxygens (including phenoxy) is 3. The number of methoxy groups -OCH3 is 3. The van der Waals surface area contributed by atoms with Gasteiger partial charge in [-0.15, -0.1) is 0 Å². The van der Waals surface area contributed by atoms with Crippen molar-refractivity contribution in [2.75, 3.05) is 94.3 Å². The molecule has 0 saturated carbocycles. The van der Waals surface area contributed by atoms with Crippen LogP contribution in [0.3, 0.4) is 0 Å². The number of aliphatic hydroxyl groups excluding tert-OH is 2. The van der Waals surface area contributed by atoms with Crippen LogP contribution in [0.25, 0.3) is 44.1 Å². The number of nitrogens with zero attached hydrogens (tertiary/aromatic N) is 19. The van der Waals surface area contributed by atoms with Crippen LogP contribution in [0.4, 0.5) is 57.4 Å². The van der Waals surface area contributed by atoms with Crippen LogP contribution in [0.15, 0.2) is 92.9 Å². The van der Waals surface area contributed by atoms with Crippen molar-refractivity contribution < 1.29 is 156 Å². The monoisotopic (exact) mass is 2170 g/mol. The molecule has 16 rings (SSSR count). The van der Waals surface area contributed by atoms with E-state index in [1.807, 2.05) is 71.6 Å². The third kappa shape index (κ3) is 25.9. The number of fused-ring (bicyclic) bond motifs is 12. The van der Waals surface area contributed by atoms with Gasteiger partial charge in [0.1, 0.15) is 39.2 Å². The Labute approximate surface area is 859 Å². The first kappa shape index (κ1) is 118. The molecule has 8 aromatic heterocycles. The number of carbonyl (C=O) groups excluding carboxylic acids is 4. The van der Waals surface area contributed by atoms with E-state index in [0.717, 1.165) is 82.2 Å². The Morgan fingerprint density at radius 3 is 1.03 bits per heavy atom. The third-order valence-electron chi connectivity index (χ3n) is 22.9. The maximum Gasteiger partial charge on any atom is 1.00 e. The van der Waals surface area contributed by atoms with Crippen molar-refractivity contribution in [1.82, 2.24) is 83.4 Å². The maximum absolute atomic E-state index is 13.2. The summed E-state index contributed by atoms with van der Waals surface area (Å²) < 4.78 is 239. The minimum absolute atomic E-state index is 0. The first-order valence-electron chi connectivity index (χ1n) is 42.7. The van der Waals surface area contributed by atoms with Crippen LogP contribution in [-0.4, -0.2) is 226 Å². The summed E-state index contributed by atoms with van der Waals surface area (Å²) in [7, 11) is -10.1. The van der Waals surface area contributed by atoms with Gasteiger partial charge in [0.15, 0.2) is 39.3 Å². The summed E-state index contributed by atoms with van der Waals surface area (Å²) in [6, 6.07) is 10.6. The first-order chi connectivity index (χ1) is 66.1. The zero-order valence-corrected chi connectivity index (χ0v) is 88.0. The summed E-state index contributed by atoms with van der Waals surface area (Å²) in [5, 5.41) is 28.4. The standard InChI is InChI=1S/C22H24F3N5O4S.C21H21ClF3N5O4S.C21H24F3N5O3S.C16H21N3O4S.C5H4Cl2N2.CH2O3.CH4O.CH4.Na/c1-11(2)18-19-28-15-8-13(20(31)34-4)17(35(5,32)33)9-16(15)29(19)6-7-30(18)21-26-10-14(12(3)27-21)22(23,24)25;1-10(2)16-18-27-13-7-11(19(31)34-3)15(35(4,32)33)8-14(13)29(18)5-6-30(16)20-26-9-12(17(22)28-20)21(23,24)25;1-11(2)18-19-27-15-7-13(10-30)17(33(4,31)32)8-16(15)28(19)5-6-29(18)20-25-9-14(12(3)26-20)21(22,23)24;1-9(2)14-15-18-11-7-10(16(20)23-3)13(24(4,21)22)8-12(11)19(15)6-5-17-14;1-3-2-8-5(7)9-4(3)6;2-1-4-3;1-2;;/h8-11,18H,6-7H2,1-5H3;7-10,16H,5-6H2,1-4H3;7-9,11,18,30H,5-6,10H2,1-4H3;7-9,14,17H,5-6H2,1-4H3;2H,1H3;1,3H;2H,1H3;1H4;/q;;;;;;;;+1/p-1/t18-;16-;18-;14-;;;;;/m1111...../s1. The molecule has 778 valence electrons. The van der Waals surface area contributed by atoms with Crippen molar-refractivity contribution in [2.24, 2.45) is 23.7 Å². The van der Waals surface area contributed by atoms with Gasteiger partial charge < -0.3 is 72.9 Å². The first-order valence-corrected chi connectivity index (χ1v) is 51.4. The number of sulfone groups is 4. The molecule has 0 aliphatic carbocycles. The number of hydrogen-bond acceptors (Lipinski definition) is 35. The number of alkyl halides is 9. The van der Waals surface area contributed by atoms with Crippen LogP contribution >= 0.6 is 34.8 Å². The molecule has 4 aromatic carbocycles. The molecule has 12 heterocycles. The van der Waals surface area contributed by atoms with Crippen molar-refractivity contribution in [3.05, 3.63) is 168 Å². The molecule has 4 aliphatic rings. The topological polar surface area (TPSA) is 501 Å². The summed E-state index contributed by atoms with van der Waals surface area (Å²) in [6.45, 7) is 23.3. The molecule has 0 unspecified atom stereocenters. The van der Waals surface area contributed by atoms with Crippen LogP contribution in [0.2, 0.25) is 15.6 Å². The predicted molar refractivity (Wildman–Crippen MR) is 506 cm³/mol. The van der Waals surface area contributed by atoms with Gasteiger partial charge in [-0.1, -0.05) is 86.0 Å². The number of aromatic nitrogens is 16. The molecule has 12 aromatic rings. The number of esters is 3. The van der Waals surface area contributed by atoms with Gasteiger partial charge in [0.25, 0.3) is 6.47 Å². The number of anilines is 3. The van der Waals surface area contributed by atoms with Crippen molar-refractivity contribution in [3.63, 3.8) is 0 Å². The Hall–Kier alpha value is -10.8. The zero-order valence-electron chi connectivity index (χ0n) is 80.5. The number of aliphatic hydroxyl groups is 2. The average Bonchev–Trinajstić information content (AvgIpc) is 1.59. The number of halogens is 12. The number of hydrogen-bond donors (Lipinski definition) is 3. The van der Waals surface area contributed by atoms with Crippen molar-refractivity contribution in [1.29, 1.82) is 0 Å². The van der Waals surface area contributed by atoms with E-state index in [0.29, 0.717) is 119 Å². The molecule has 39 nitrogen and oxygen atoms in total. The van der Waals surface area contributed by atoms with E-state index in [2.05, 4.69) is 73.9 Å². The molecule has 3 N–H and O–H groups in total. The molecule has 0 bridgehead atoms. The van der Waals surface area contributed by atoms with Crippen LogP contribution in [-0.2, 0) is 115 Å². The van der Waals surface area contributed by atoms with Gasteiger partial charge in [-0.2, -0.15) is 39.5 Å². The molecule has 56 heteroatoms. The Balaban J connectivity index is 0.000000224. The fourth-order valence-electron chi connectivity index (χ4n) is 16.7.